The van der Waals surface area contributed by atoms with Crippen molar-refractivity contribution in [1.82, 2.24) is 0 Å². The van der Waals surface area contributed by atoms with E-state index in [9.17, 15) is 0 Å². The first-order chi connectivity index (χ1) is 5.74. The molecule has 1 nitrogen and oxygen atoms in total. The third-order valence-electron chi connectivity index (χ3n) is 2.00. The van der Waals surface area contributed by atoms with Gasteiger partial charge in [-0.05, 0) is 31.9 Å². The minimum absolute atomic E-state index is 0.311. The summed E-state index contributed by atoms with van der Waals surface area (Å²) in [5.74, 6) is 1.01. The maximum Gasteiger partial charge on any atom is 0.122 e. The van der Waals surface area contributed by atoms with Crippen molar-refractivity contribution in [3.8, 4) is 5.75 Å². The van der Waals surface area contributed by atoms with E-state index in [-0.39, 0.29) is 0 Å². The van der Waals surface area contributed by atoms with Crippen LogP contribution >= 0.6 is 0 Å². The van der Waals surface area contributed by atoms with Gasteiger partial charge in [-0.1, -0.05) is 25.1 Å². The summed E-state index contributed by atoms with van der Waals surface area (Å²) in [6.07, 6.45) is 1.36. The molecule has 0 fully saturated rings. The van der Waals surface area contributed by atoms with Gasteiger partial charge in [0.05, 0.1) is 6.10 Å². The van der Waals surface area contributed by atoms with Crippen LogP contribution in [0.1, 0.15) is 25.8 Å². The van der Waals surface area contributed by atoms with Gasteiger partial charge in [-0.15, -0.1) is 0 Å². The molecule has 0 aliphatic rings. The molecule has 0 aromatic heterocycles. The fourth-order valence-electron chi connectivity index (χ4n) is 0.989. The van der Waals surface area contributed by atoms with E-state index < -0.39 is 0 Å². The van der Waals surface area contributed by atoms with Crippen LogP contribution in [-0.4, -0.2) is 6.10 Å². The zero-order valence-electron chi connectivity index (χ0n) is 8.00. The van der Waals surface area contributed by atoms with Crippen LogP contribution in [0.15, 0.2) is 24.3 Å². The first-order valence-electron chi connectivity index (χ1n) is 4.46. The summed E-state index contributed by atoms with van der Waals surface area (Å²) in [6, 6.07) is 8.11. The molecule has 0 N–H and O–H groups in total. The zero-order chi connectivity index (χ0) is 8.97. The second-order valence-electron chi connectivity index (χ2n) is 3.10. The minimum atomic E-state index is 0.311. The van der Waals surface area contributed by atoms with E-state index >= 15 is 0 Å². The van der Waals surface area contributed by atoms with Gasteiger partial charge in [-0.3, -0.25) is 0 Å². The Labute approximate surface area is 74.4 Å². The smallest absolute Gasteiger partial charge is 0.122 e. The van der Waals surface area contributed by atoms with Crippen molar-refractivity contribution in [1.29, 1.82) is 0 Å². The van der Waals surface area contributed by atoms with Gasteiger partial charge in [-0.2, -0.15) is 0 Å². The van der Waals surface area contributed by atoms with E-state index in [1.54, 1.807) is 0 Å². The Morgan fingerprint density at radius 3 is 2.58 bits per heavy atom. The van der Waals surface area contributed by atoms with Crippen LogP contribution in [0, 0.1) is 6.92 Å². The topological polar surface area (TPSA) is 9.23 Å². The van der Waals surface area contributed by atoms with Gasteiger partial charge >= 0.3 is 0 Å². The number of aryl methyl sites for hydroxylation is 1. The second kappa shape index (κ2) is 4.15. The number of rotatable bonds is 3. The van der Waals surface area contributed by atoms with Crippen molar-refractivity contribution in [2.24, 2.45) is 0 Å². The molecular formula is C11H16O. The Kier molecular flexibility index (Phi) is 3.15. The lowest BCUT2D eigenvalue weighted by Gasteiger charge is -2.13. The Morgan fingerprint density at radius 2 is 2.00 bits per heavy atom. The highest BCUT2D eigenvalue weighted by molar-refractivity contribution is 5.31. The molecule has 1 atom stereocenters. The molecule has 0 bridgehead atoms. The van der Waals surface area contributed by atoms with E-state index in [0.717, 1.165) is 12.2 Å². The lowest BCUT2D eigenvalue weighted by Crippen LogP contribution is -2.10. The van der Waals surface area contributed by atoms with Crippen LogP contribution in [0.25, 0.3) is 0 Å². The molecule has 0 heterocycles. The molecular weight excluding hydrogens is 148 g/mol. The number of para-hydroxylation sites is 1. The molecule has 0 radical (unpaired) electrons. The van der Waals surface area contributed by atoms with Crippen LogP contribution < -0.4 is 4.74 Å². The van der Waals surface area contributed by atoms with E-state index in [4.69, 9.17) is 4.74 Å². The normalized spacial score (nSPS) is 12.6. The molecule has 12 heavy (non-hydrogen) atoms. The van der Waals surface area contributed by atoms with Gasteiger partial charge < -0.3 is 4.74 Å². The Balaban J connectivity index is 2.69. The van der Waals surface area contributed by atoms with Gasteiger partial charge in [0.2, 0.25) is 0 Å². The molecule has 0 spiro atoms. The van der Waals surface area contributed by atoms with Gasteiger partial charge in [0, 0.05) is 0 Å². The highest BCUT2D eigenvalue weighted by atomic mass is 16.5. The van der Waals surface area contributed by atoms with Crippen molar-refractivity contribution in [3.63, 3.8) is 0 Å². The van der Waals surface area contributed by atoms with Crippen LogP contribution in [-0.2, 0) is 0 Å². The Morgan fingerprint density at radius 1 is 1.33 bits per heavy atom. The quantitative estimate of drug-likeness (QED) is 0.666. The van der Waals surface area contributed by atoms with E-state index in [1.807, 2.05) is 18.2 Å². The van der Waals surface area contributed by atoms with Crippen LogP contribution in [0.5, 0.6) is 5.75 Å². The van der Waals surface area contributed by atoms with E-state index in [2.05, 4.69) is 26.8 Å². The molecule has 0 aliphatic heterocycles. The van der Waals surface area contributed by atoms with Gasteiger partial charge in [0.25, 0.3) is 0 Å². The average Bonchev–Trinajstić information content (AvgIpc) is 2.09. The van der Waals surface area contributed by atoms with Crippen molar-refractivity contribution in [2.45, 2.75) is 33.3 Å². The number of hydrogen-bond acceptors (Lipinski definition) is 1. The average molecular weight is 164 g/mol. The summed E-state index contributed by atoms with van der Waals surface area (Å²) in [5, 5.41) is 0. The second-order valence-corrected chi connectivity index (χ2v) is 3.10. The lowest BCUT2D eigenvalue weighted by molar-refractivity contribution is 0.216. The highest BCUT2D eigenvalue weighted by Gasteiger charge is 2.01. The Hall–Kier alpha value is -0.980. The molecule has 66 valence electrons. The third-order valence-corrected chi connectivity index (χ3v) is 2.00. The van der Waals surface area contributed by atoms with Gasteiger partial charge in [0.1, 0.15) is 5.75 Å². The minimum Gasteiger partial charge on any atom is -0.490 e. The molecule has 1 unspecified atom stereocenters. The van der Waals surface area contributed by atoms with Crippen LogP contribution in [0.3, 0.4) is 0 Å². The predicted molar refractivity (Wildman–Crippen MR) is 51.6 cm³/mol. The van der Waals surface area contributed by atoms with Crippen molar-refractivity contribution < 1.29 is 4.74 Å². The summed E-state index contributed by atoms with van der Waals surface area (Å²) in [7, 11) is 0. The van der Waals surface area contributed by atoms with Gasteiger partial charge in [0.15, 0.2) is 0 Å². The number of ether oxygens (including phenoxy) is 1. The highest BCUT2D eigenvalue weighted by Crippen LogP contribution is 2.18. The maximum atomic E-state index is 5.69. The van der Waals surface area contributed by atoms with Crippen LogP contribution in [0.4, 0.5) is 0 Å². The molecule has 1 aromatic carbocycles. The van der Waals surface area contributed by atoms with Crippen molar-refractivity contribution >= 4 is 0 Å². The van der Waals surface area contributed by atoms with Crippen LogP contribution in [0.2, 0.25) is 0 Å². The zero-order valence-corrected chi connectivity index (χ0v) is 8.00. The van der Waals surface area contributed by atoms with E-state index in [0.29, 0.717) is 6.10 Å². The third kappa shape index (κ3) is 2.26. The lowest BCUT2D eigenvalue weighted by atomic mass is 10.2. The first kappa shape index (κ1) is 9.11. The largest absolute Gasteiger partial charge is 0.490 e. The van der Waals surface area contributed by atoms with Gasteiger partial charge in [-0.25, -0.2) is 0 Å². The fourth-order valence-corrected chi connectivity index (χ4v) is 0.989. The van der Waals surface area contributed by atoms with Crippen molar-refractivity contribution in [2.75, 3.05) is 0 Å². The van der Waals surface area contributed by atoms with E-state index in [1.165, 1.54) is 5.56 Å². The monoisotopic (exact) mass is 164 g/mol. The maximum absolute atomic E-state index is 5.69. The summed E-state index contributed by atoms with van der Waals surface area (Å²) in [6.45, 7) is 6.28. The fraction of sp³-hybridized carbons (Fsp3) is 0.455. The molecule has 0 amide bonds. The molecule has 0 aliphatic carbocycles. The number of hydrogen-bond donors (Lipinski definition) is 0. The predicted octanol–water partition coefficient (Wildman–Crippen LogP) is 3.17. The molecule has 1 rings (SSSR count). The molecule has 0 saturated heterocycles. The SMILES string of the molecule is CCC(C)Oc1ccccc1C. The molecule has 1 heteroatoms. The first-order valence-corrected chi connectivity index (χ1v) is 4.46. The Bertz CT molecular complexity index is 243. The number of benzene rings is 1. The molecule has 1 aromatic rings. The summed E-state index contributed by atoms with van der Waals surface area (Å²) in [4.78, 5) is 0. The van der Waals surface area contributed by atoms with Crippen molar-refractivity contribution in [3.05, 3.63) is 29.8 Å². The standard InChI is InChI=1S/C11H16O/c1-4-10(3)12-11-8-6-5-7-9(11)2/h5-8,10H,4H2,1-3H3. The molecule has 0 saturated carbocycles. The summed E-state index contributed by atoms with van der Waals surface area (Å²) < 4.78 is 5.69. The summed E-state index contributed by atoms with van der Waals surface area (Å²) >= 11 is 0. The summed E-state index contributed by atoms with van der Waals surface area (Å²) in [5.41, 5.74) is 1.21.